The van der Waals surface area contributed by atoms with Gasteiger partial charge in [0.15, 0.2) is 0 Å². The number of hydrogen-bond acceptors (Lipinski definition) is 2. The van der Waals surface area contributed by atoms with E-state index in [0.29, 0.717) is 6.61 Å². The summed E-state index contributed by atoms with van der Waals surface area (Å²) in [6, 6.07) is 0. The number of hydrogen-bond donors (Lipinski definition) is 0. The second-order valence-electron chi connectivity index (χ2n) is 3.87. The van der Waals surface area contributed by atoms with Gasteiger partial charge in [-0.2, -0.15) is 0 Å². The lowest BCUT2D eigenvalue weighted by Crippen LogP contribution is -2.00. The Morgan fingerprint density at radius 3 is 1.80 bits per heavy atom. The Balaban J connectivity index is 2.89. The summed E-state index contributed by atoms with van der Waals surface area (Å²) in [6.07, 6.45) is 8.87. The highest BCUT2D eigenvalue weighted by Crippen LogP contribution is 2.08. The largest absolute Gasteiger partial charge is 0.466 e. The van der Waals surface area contributed by atoms with Crippen molar-refractivity contribution in [2.45, 2.75) is 58.3 Å². The molecular formula is C12H23O3. The van der Waals surface area contributed by atoms with Crippen molar-refractivity contribution >= 4 is 5.97 Å². The van der Waals surface area contributed by atoms with Gasteiger partial charge in [0.25, 0.3) is 0 Å². The van der Waals surface area contributed by atoms with Crippen molar-refractivity contribution in [2.75, 3.05) is 13.2 Å². The molecule has 0 fully saturated rings. The minimum absolute atomic E-state index is 0.0718. The van der Waals surface area contributed by atoms with Gasteiger partial charge in [0.05, 0.1) is 13.2 Å². The maximum absolute atomic E-state index is 10.4. The van der Waals surface area contributed by atoms with Crippen LogP contribution >= 0.6 is 0 Å². The lowest BCUT2D eigenvalue weighted by atomic mass is 10.1. The van der Waals surface area contributed by atoms with Crippen molar-refractivity contribution in [3.63, 3.8) is 0 Å². The lowest BCUT2D eigenvalue weighted by Gasteiger charge is -2.02. The van der Waals surface area contributed by atoms with E-state index in [1.54, 1.807) is 0 Å². The average Bonchev–Trinajstić information content (AvgIpc) is 2.20. The molecule has 0 N–H and O–H groups in total. The first-order chi connectivity index (χ1) is 7.27. The number of unbranched alkanes of at least 4 members (excludes halogenated alkanes) is 7. The molecule has 0 aromatic heterocycles. The summed E-state index contributed by atoms with van der Waals surface area (Å²) < 4.78 is 4.83. The Hall–Kier alpha value is -0.570. The van der Waals surface area contributed by atoms with Crippen LogP contribution in [0.4, 0.5) is 0 Å². The van der Waals surface area contributed by atoms with Gasteiger partial charge in [-0.25, -0.2) is 5.11 Å². The molecule has 0 aromatic rings. The summed E-state index contributed by atoms with van der Waals surface area (Å²) in [5.74, 6) is -0.187. The van der Waals surface area contributed by atoms with E-state index in [1.807, 2.05) is 0 Å². The first-order valence-electron chi connectivity index (χ1n) is 5.99. The van der Waals surface area contributed by atoms with Crippen LogP contribution in [0.1, 0.15) is 58.3 Å². The van der Waals surface area contributed by atoms with E-state index in [2.05, 4.69) is 0 Å². The fourth-order valence-electron chi connectivity index (χ4n) is 1.48. The minimum atomic E-state index is -0.187. The highest BCUT2D eigenvalue weighted by Gasteiger charge is 1.94. The van der Waals surface area contributed by atoms with Crippen molar-refractivity contribution in [1.29, 1.82) is 0 Å². The molecule has 0 heterocycles. The van der Waals surface area contributed by atoms with E-state index in [0.717, 1.165) is 25.7 Å². The summed E-state index contributed by atoms with van der Waals surface area (Å²) in [5.41, 5.74) is 0. The SMILES string of the molecule is CC(=O)OCCCCCCCCCC[O]. The average molecular weight is 215 g/mol. The van der Waals surface area contributed by atoms with E-state index in [1.165, 1.54) is 32.6 Å². The van der Waals surface area contributed by atoms with Gasteiger partial charge in [0.1, 0.15) is 0 Å². The van der Waals surface area contributed by atoms with Crippen LogP contribution < -0.4 is 0 Å². The summed E-state index contributed by atoms with van der Waals surface area (Å²) in [5, 5.41) is 10.2. The van der Waals surface area contributed by atoms with Crippen LogP contribution in [-0.2, 0) is 14.6 Å². The van der Waals surface area contributed by atoms with Crippen LogP contribution in [0.2, 0.25) is 0 Å². The molecule has 0 rings (SSSR count). The molecule has 0 aliphatic carbocycles. The van der Waals surface area contributed by atoms with Gasteiger partial charge in [-0.1, -0.05) is 38.5 Å². The number of carbonyl (C=O) groups excluding carboxylic acids is 1. The first-order valence-corrected chi connectivity index (χ1v) is 5.99. The summed E-state index contributed by atoms with van der Waals surface area (Å²) in [4.78, 5) is 10.4. The Kier molecular flexibility index (Phi) is 11.1. The summed E-state index contributed by atoms with van der Waals surface area (Å²) >= 11 is 0. The third-order valence-corrected chi connectivity index (χ3v) is 2.34. The second kappa shape index (κ2) is 11.5. The van der Waals surface area contributed by atoms with Gasteiger partial charge >= 0.3 is 5.97 Å². The molecule has 0 aliphatic rings. The molecule has 3 heteroatoms. The zero-order valence-electron chi connectivity index (χ0n) is 9.80. The van der Waals surface area contributed by atoms with Gasteiger partial charge in [-0.3, -0.25) is 4.79 Å². The van der Waals surface area contributed by atoms with Crippen LogP contribution in [-0.4, -0.2) is 19.2 Å². The van der Waals surface area contributed by atoms with Crippen LogP contribution in [0.15, 0.2) is 0 Å². The van der Waals surface area contributed by atoms with Gasteiger partial charge in [0.2, 0.25) is 0 Å². The van der Waals surface area contributed by atoms with Crippen molar-refractivity contribution in [1.82, 2.24) is 0 Å². The topological polar surface area (TPSA) is 46.2 Å². The zero-order valence-corrected chi connectivity index (χ0v) is 9.80. The van der Waals surface area contributed by atoms with Crippen molar-refractivity contribution in [3.05, 3.63) is 0 Å². The molecule has 0 unspecified atom stereocenters. The van der Waals surface area contributed by atoms with E-state index < -0.39 is 0 Å². The van der Waals surface area contributed by atoms with Crippen LogP contribution in [0.3, 0.4) is 0 Å². The third-order valence-electron chi connectivity index (χ3n) is 2.34. The molecule has 0 spiro atoms. The molecule has 0 saturated heterocycles. The Bertz CT molecular complexity index is 146. The monoisotopic (exact) mass is 215 g/mol. The number of rotatable bonds is 10. The molecule has 0 aromatic carbocycles. The van der Waals surface area contributed by atoms with Crippen molar-refractivity contribution in [3.8, 4) is 0 Å². The number of carbonyl (C=O) groups is 1. The van der Waals surface area contributed by atoms with Crippen LogP contribution in [0, 0.1) is 0 Å². The minimum Gasteiger partial charge on any atom is -0.466 e. The lowest BCUT2D eigenvalue weighted by molar-refractivity contribution is -0.141. The normalized spacial score (nSPS) is 10.3. The Labute approximate surface area is 92.8 Å². The molecule has 0 atom stereocenters. The molecule has 1 radical (unpaired) electrons. The van der Waals surface area contributed by atoms with Gasteiger partial charge in [0, 0.05) is 6.92 Å². The van der Waals surface area contributed by atoms with Gasteiger partial charge in [-0.15, -0.1) is 0 Å². The Morgan fingerprint density at radius 1 is 0.867 bits per heavy atom. The van der Waals surface area contributed by atoms with E-state index in [9.17, 15) is 9.90 Å². The predicted octanol–water partition coefficient (Wildman–Crippen LogP) is 3.10. The molecule has 0 saturated carbocycles. The summed E-state index contributed by atoms with van der Waals surface area (Å²) in [6.45, 7) is 2.07. The highest BCUT2D eigenvalue weighted by molar-refractivity contribution is 5.65. The molecule has 3 nitrogen and oxygen atoms in total. The van der Waals surface area contributed by atoms with Crippen molar-refractivity contribution in [2.24, 2.45) is 0 Å². The third kappa shape index (κ3) is 13.4. The van der Waals surface area contributed by atoms with Crippen LogP contribution in [0.5, 0.6) is 0 Å². The van der Waals surface area contributed by atoms with E-state index in [-0.39, 0.29) is 12.6 Å². The van der Waals surface area contributed by atoms with Crippen LogP contribution in [0.25, 0.3) is 0 Å². The number of esters is 1. The highest BCUT2D eigenvalue weighted by atomic mass is 16.5. The standard InChI is InChI=1S/C12H23O3/c1-12(14)15-11-9-7-5-3-2-4-6-8-10-13/h2-11H2,1H3. The fraction of sp³-hybridized carbons (Fsp3) is 0.917. The smallest absolute Gasteiger partial charge is 0.302 e. The number of ether oxygens (including phenoxy) is 1. The molecule has 89 valence electrons. The first kappa shape index (κ1) is 14.4. The van der Waals surface area contributed by atoms with Gasteiger partial charge in [-0.05, 0) is 12.8 Å². The second-order valence-corrected chi connectivity index (χ2v) is 3.87. The Morgan fingerprint density at radius 2 is 1.33 bits per heavy atom. The van der Waals surface area contributed by atoms with E-state index in [4.69, 9.17) is 4.74 Å². The molecule has 15 heavy (non-hydrogen) atoms. The molecular weight excluding hydrogens is 192 g/mol. The molecule has 0 bridgehead atoms. The predicted molar refractivity (Wildman–Crippen MR) is 59.1 cm³/mol. The summed E-state index contributed by atoms with van der Waals surface area (Å²) in [7, 11) is 0. The fourth-order valence-corrected chi connectivity index (χ4v) is 1.48. The zero-order chi connectivity index (χ0) is 11.4. The van der Waals surface area contributed by atoms with Gasteiger partial charge < -0.3 is 4.74 Å². The maximum Gasteiger partial charge on any atom is 0.302 e. The quantitative estimate of drug-likeness (QED) is 0.415. The molecule has 0 amide bonds. The molecule has 0 aliphatic heterocycles. The van der Waals surface area contributed by atoms with E-state index >= 15 is 0 Å². The maximum atomic E-state index is 10.4. The van der Waals surface area contributed by atoms with Crippen molar-refractivity contribution < 1.29 is 14.6 Å².